The number of nitrogens with zero attached hydrogens (tertiary/aromatic N) is 1. The molecule has 3 atom stereocenters. The topological polar surface area (TPSA) is 108 Å². The Morgan fingerprint density at radius 3 is 1.22 bits per heavy atom. The van der Waals surface area contributed by atoms with Gasteiger partial charge in [0.05, 0.1) is 39.9 Å². The van der Waals surface area contributed by atoms with Crippen LogP contribution in [-0.2, 0) is 18.4 Å². The number of carbonyl (C=O) groups excluding carboxylic acids is 1. The lowest BCUT2D eigenvalue weighted by atomic mass is 10.0. The van der Waals surface area contributed by atoms with Gasteiger partial charge in [-0.05, 0) is 57.8 Å². The van der Waals surface area contributed by atoms with Gasteiger partial charge in [-0.1, -0.05) is 280 Å². The first-order valence-corrected chi connectivity index (χ1v) is 32.1. The van der Waals surface area contributed by atoms with Crippen molar-refractivity contribution in [2.45, 2.75) is 296 Å². The maximum Gasteiger partial charge on any atom is 0.268 e. The number of rotatable bonds is 56. The van der Waals surface area contributed by atoms with Crippen molar-refractivity contribution in [1.29, 1.82) is 0 Å². The van der Waals surface area contributed by atoms with Gasteiger partial charge in [-0.2, -0.15) is 0 Å². The quantitative estimate of drug-likeness (QED) is 0.0272. The van der Waals surface area contributed by atoms with Crippen LogP contribution in [0.15, 0.2) is 60.8 Å². The van der Waals surface area contributed by atoms with E-state index in [4.69, 9.17) is 9.05 Å². The molecule has 0 aromatic rings. The number of nitrogens with one attached hydrogen (secondary N) is 1. The van der Waals surface area contributed by atoms with Crippen molar-refractivity contribution in [3.05, 3.63) is 60.8 Å². The number of aliphatic hydroxyl groups is 1. The Kier molecular flexibility index (Phi) is 52.7. The van der Waals surface area contributed by atoms with Crippen LogP contribution in [0.5, 0.6) is 0 Å². The third-order valence-electron chi connectivity index (χ3n) is 13.8. The zero-order valence-corrected chi connectivity index (χ0v) is 49.0. The van der Waals surface area contributed by atoms with E-state index in [2.05, 4.69) is 79.9 Å². The van der Waals surface area contributed by atoms with Gasteiger partial charge in [0.25, 0.3) is 7.82 Å². The monoisotopic (exact) mass is 1030 g/mol. The molecule has 0 aliphatic rings. The number of likely N-dealkylation sites (N-methyl/N-ethyl adjacent to an activating group) is 1. The van der Waals surface area contributed by atoms with E-state index < -0.39 is 20.0 Å². The second-order valence-electron chi connectivity index (χ2n) is 22.0. The summed E-state index contributed by atoms with van der Waals surface area (Å²) in [4.78, 5) is 25.5. The van der Waals surface area contributed by atoms with Crippen LogP contribution in [0.4, 0.5) is 0 Å². The molecule has 0 heterocycles. The number of carbonyl (C=O) groups is 1. The van der Waals surface area contributed by atoms with Gasteiger partial charge in [0.1, 0.15) is 13.2 Å². The molecule has 0 aromatic carbocycles. The molecule has 2 N–H and O–H groups in total. The normalized spacial score (nSPS) is 14.3. The third kappa shape index (κ3) is 55.9. The smallest absolute Gasteiger partial charge is 0.268 e. The highest BCUT2D eigenvalue weighted by molar-refractivity contribution is 7.45. The molecule has 0 aliphatic heterocycles. The van der Waals surface area contributed by atoms with Crippen LogP contribution in [0.2, 0.25) is 0 Å². The number of hydrogen-bond donors (Lipinski definition) is 2. The molecular weight excluding hydrogens is 912 g/mol. The largest absolute Gasteiger partial charge is 0.756 e. The Balaban J connectivity index is 4.10. The average Bonchev–Trinajstić information content (AvgIpc) is 3.34. The van der Waals surface area contributed by atoms with Crippen molar-refractivity contribution in [2.75, 3.05) is 40.9 Å². The van der Waals surface area contributed by atoms with Crippen LogP contribution in [0, 0.1) is 0 Å². The van der Waals surface area contributed by atoms with Crippen molar-refractivity contribution in [2.24, 2.45) is 0 Å². The van der Waals surface area contributed by atoms with Gasteiger partial charge in [0.15, 0.2) is 0 Å². The Labute approximate surface area is 447 Å². The summed E-state index contributed by atoms with van der Waals surface area (Å²) in [6.45, 7) is 4.61. The minimum Gasteiger partial charge on any atom is -0.756 e. The molecule has 9 heteroatoms. The summed E-state index contributed by atoms with van der Waals surface area (Å²) < 4.78 is 23.4. The number of hydrogen-bond acceptors (Lipinski definition) is 6. The number of phosphoric ester groups is 1. The summed E-state index contributed by atoms with van der Waals surface area (Å²) in [7, 11) is 1.28. The molecule has 0 fully saturated rings. The van der Waals surface area contributed by atoms with Crippen molar-refractivity contribution in [3.63, 3.8) is 0 Å². The minimum atomic E-state index is -4.59. The standard InChI is InChI=1S/C63H119N2O6P/c1-6-8-10-12-14-16-18-20-22-24-26-27-28-29-30-31-32-33-34-35-36-37-39-40-42-44-46-48-50-52-54-56-62(66)61(60-71-72(68,69)70-59-58-65(3,4)5)64-63(67)57-55-53-51-49-47-45-43-41-38-25-23-21-19-17-15-13-11-9-7-2/h9,11,15,17,21,23,38,41,45,47,61-62,66H,6-8,10,12-14,16,18-20,22,24-37,39-40,42-44,46,48-60H2,1-5H3,(H-,64,67,68,69)/b11-9-,17-15-,23-21-,41-38-,47-45-. The summed E-state index contributed by atoms with van der Waals surface area (Å²) >= 11 is 0. The van der Waals surface area contributed by atoms with Crippen LogP contribution in [-0.4, -0.2) is 68.5 Å². The molecule has 422 valence electrons. The van der Waals surface area contributed by atoms with Crippen LogP contribution >= 0.6 is 7.82 Å². The predicted molar refractivity (Wildman–Crippen MR) is 311 cm³/mol. The number of unbranched alkanes of at least 4 members (excludes halogenated alkanes) is 33. The van der Waals surface area contributed by atoms with Gasteiger partial charge in [-0.25, -0.2) is 0 Å². The first-order valence-electron chi connectivity index (χ1n) is 30.6. The van der Waals surface area contributed by atoms with Crippen LogP contribution in [0.25, 0.3) is 0 Å². The molecule has 0 saturated heterocycles. The van der Waals surface area contributed by atoms with Gasteiger partial charge in [-0.15, -0.1) is 0 Å². The summed E-state index contributed by atoms with van der Waals surface area (Å²) in [5, 5.41) is 14.0. The van der Waals surface area contributed by atoms with E-state index in [1.165, 1.54) is 180 Å². The van der Waals surface area contributed by atoms with E-state index in [0.717, 1.165) is 77.0 Å². The highest BCUT2D eigenvalue weighted by Gasteiger charge is 2.24. The molecule has 72 heavy (non-hydrogen) atoms. The first-order chi connectivity index (χ1) is 35.0. The lowest BCUT2D eigenvalue weighted by Gasteiger charge is -2.30. The number of quaternary nitrogens is 1. The average molecular weight is 1030 g/mol. The molecule has 0 aliphatic carbocycles. The van der Waals surface area contributed by atoms with Gasteiger partial charge >= 0.3 is 0 Å². The highest BCUT2D eigenvalue weighted by atomic mass is 31.2. The van der Waals surface area contributed by atoms with Crippen molar-refractivity contribution in [1.82, 2.24) is 5.32 Å². The maximum atomic E-state index is 13.0. The van der Waals surface area contributed by atoms with Crippen molar-refractivity contribution >= 4 is 13.7 Å². The Morgan fingerprint density at radius 2 is 0.847 bits per heavy atom. The Hall–Kier alpha value is -1.80. The second-order valence-corrected chi connectivity index (χ2v) is 23.4. The van der Waals surface area contributed by atoms with Crippen LogP contribution in [0.1, 0.15) is 284 Å². The number of amides is 1. The molecule has 0 spiro atoms. The predicted octanol–water partition coefficient (Wildman–Crippen LogP) is 18.2. The maximum absolute atomic E-state index is 13.0. The molecule has 0 radical (unpaired) electrons. The molecule has 0 bridgehead atoms. The fourth-order valence-corrected chi connectivity index (χ4v) is 9.73. The number of aliphatic hydroxyl groups excluding tert-OH is 1. The molecule has 8 nitrogen and oxygen atoms in total. The fourth-order valence-electron chi connectivity index (χ4n) is 9.01. The summed E-state index contributed by atoms with van der Waals surface area (Å²) in [5.41, 5.74) is 0. The molecule has 3 unspecified atom stereocenters. The SMILES string of the molecule is CC/C=C\C/C=C\C/C=C\C/C=C\C/C=C\CCCCCC(=O)NC(COP(=O)([O-])OCC[N+](C)(C)C)C(O)CCCCCCCCCCCCCCCCCCCCCCCCCCCCCCCCC. The molecule has 0 saturated carbocycles. The molecule has 0 rings (SSSR count). The summed E-state index contributed by atoms with van der Waals surface area (Å²) in [6.07, 6.45) is 72.8. The Morgan fingerprint density at radius 1 is 0.500 bits per heavy atom. The second kappa shape index (κ2) is 54.0. The van der Waals surface area contributed by atoms with Gasteiger partial charge < -0.3 is 28.8 Å². The van der Waals surface area contributed by atoms with E-state index in [1.807, 2.05) is 21.1 Å². The van der Waals surface area contributed by atoms with Crippen LogP contribution in [0.3, 0.4) is 0 Å². The number of phosphoric acid groups is 1. The van der Waals surface area contributed by atoms with E-state index in [-0.39, 0.29) is 19.1 Å². The minimum absolute atomic E-state index is 0.00314. The summed E-state index contributed by atoms with van der Waals surface area (Å²) in [6, 6.07) is -0.823. The fraction of sp³-hybridized carbons (Fsp3) is 0.825. The third-order valence-corrected chi connectivity index (χ3v) is 14.7. The van der Waals surface area contributed by atoms with Gasteiger partial charge in [0.2, 0.25) is 5.91 Å². The molecule has 1 amide bonds. The van der Waals surface area contributed by atoms with E-state index >= 15 is 0 Å². The van der Waals surface area contributed by atoms with Crippen molar-refractivity contribution in [3.8, 4) is 0 Å². The van der Waals surface area contributed by atoms with Crippen molar-refractivity contribution < 1.29 is 32.9 Å². The first kappa shape index (κ1) is 70.2. The number of allylic oxidation sites excluding steroid dienone is 10. The molecular formula is C63H119N2O6P. The summed E-state index contributed by atoms with van der Waals surface area (Å²) in [5.74, 6) is -0.194. The zero-order chi connectivity index (χ0) is 52.7. The zero-order valence-electron chi connectivity index (χ0n) is 48.1. The molecule has 0 aromatic heterocycles. The van der Waals surface area contributed by atoms with E-state index in [9.17, 15) is 19.4 Å². The van der Waals surface area contributed by atoms with Crippen LogP contribution < -0.4 is 10.2 Å². The Bertz CT molecular complexity index is 1360. The van der Waals surface area contributed by atoms with Gasteiger partial charge in [-0.3, -0.25) is 9.36 Å². The lowest BCUT2D eigenvalue weighted by molar-refractivity contribution is -0.870. The van der Waals surface area contributed by atoms with E-state index in [0.29, 0.717) is 23.9 Å². The lowest BCUT2D eigenvalue weighted by Crippen LogP contribution is -2.46. The van der Waals surface area contributed by atoms with Gasteiger partial charge in [0, 0.05) is 6.42 Å². The highest BCUT2D eigenvalue weighted by Crippen LogP contribution is 2.38. The van der Waals surface area contributed by atoms with E-state index in [1.54, 1.807) is 0 Å².